The van der Waals surface area contributed by atoms with Gasteiger partial charge in [-0.15, -0.1) is 0 Å². The molecule has 3 aliphatic rings. The van der Waals surface area contributed by atoms with Gasteiger partial charge < -0.3 is 0 Å². The van der Waals surface area contributed by atoms with Crippen molar-refractivity contribution in [3.05, 3.63) is 36.5 Å². The maximum Gasteiger partial charge on any atom is -0.00498 e. The molecule has 0 amide bonds. The van der Waals surface area contributed by atoms with Crippen LogP contribution in [0.15, 0.2) is 36.5 Å². The zero-order valence-electron chi connectivity index (χ0n) is 6.03. The van der Waals surface area contributed by atoms with Crippen LogP contribution in [0, 0.1) is 11.8 Å². The Balaban J connectivity index is 2.29. The van der Waals surface area contributed by atoms with Crippen LogP contribution in [0.5, 0.6) is 0 Å². The third-order valence-corrected chi connectivity index (χ3v) is 2.27. The lowest BCUT2D eigenvalue weighted by Gasteiger charge is -2.19. The molecule has 3 rings (SSSR count). The van der Waals surface area contributed by atoms with Gasteiger partial charge in [-0.2, -0.15) is 0 Å². The molecule has 0 heterocycles. The number of hydrogen-bond acceptors (Lipinski definition) is 0. The molecular weight excluding hydrogens is 120 g/mol. The van der Waals surface area contributed by atoms with Gasteiger partial charge in [-0.3, -0.25) is 0 Å². The normalized spacial score (nSPS) is 42.4. The van der Waals surface area contributed by atoms with E-state index >= 15 is 0 Å². The first-order valence-corrected chi connectivity index (χ1v) is 3.98. The number of rotatable bonds is 0. The molecule has 0 heteroatoms. The van der Waals surface area contributed by atoms with E-state index in [1.54, 1.807) is 0 Å². The van der Waals surface area contributed by atoms with Crippen LogP contribution in [-0.2, 0) is 0 Å². The van der Waals surface area contributed by atoms with Crippen LogP contribution in [0.1, 0.15) is 12.8 Å². The van der Waals surface area contributed by atoms with Gasteiger partial charge in [-0.05, 0) is 24.7 Å². The molecule has 0 fully saturated rings. The molecule has 0 aliphatic heterocycles. The molecule has 0 spiro atoms. The molecular formula is C10H12. The predicted molar refractivity (Wildman–Crippen MR) is 43.6 cm³/mol. The van der Waals surface area contributed by atoms with Crippen molar-refractivity contribution in [3.63, 3.8) is 0 Å². The summed E-state index contributed by atoms with van der Waals surface area (Å²) in [5.74, 6) is 1.45. The molecule has 0 aromatic carbocycles. The van der Waals surface area contributed by atoms with Crippen molar-refractivity contribution in [3.8, 4) is 0 Å². The summed E-state index contributed by atoms with van der Waals surface area (Å²) in [5.41, 5.74) is 0. The van der Waals surface area contributed by atoms with Gasteiger partial charge in [0.15, 0.2) is 0 Å². The highest BCUT2D eigenvalue weighted by atomic mass is 14.2. The van der Waals surface area contributed by atoms with E-state index in [9.17, 15) is 0 Å². The lowest BCUT2D eigenvalue weighted by atomic mass is 9.86. The first-order chi connectivity index (χ1) is 4.95. The maximum atomic E-state index is 2.33. The van der Waals surface area contributed by atoms with Gasteiger partial charge in [0.25, 0.3) is 0 Å². The van der Waals surface area contributed by atoms with Gasteiger partial charge in [-0.25, -0.2) is 0 Å². The van der Waals surface area contributed by atoms with E-state index in [0.29, 0.717) is 0 Å². The number of fused-ring (bicyclic) bond motifs is 2. The van der Waals surface area contributed by atoms with E-state index in [1.807, 2.05) is 0 Å². The van der Waals surface area contributed by atoms with Crippen LogP contribution in [-0.4, -0.2) is 0 Å². The highest BCUT2D eigenvalue weighted by Crippen LogP contribution is 2.25. The zero-order valence-corrected chi connectivity index (χ0v) is 6.03. The highest BCUT2D eigenvalue weighted by Gasteiger charge is 2.11. The molecule has 10 heavy (non-hydrogen) atoms. The number of hydrogen-bond donors (Lipinski definition) is 0. The van der Waals surface area contributed by atoms with E-state index in [0.717, 1.165) is 11.8 Å². The van der Waals surface area contributed by atoms with Crippen molar-refractivity contribution in [1.82, 2.24) is 0 Å². The van der Waals surface area contributed by atoms with E-state index in [4.69, 9.17) is 0 Å². The SMILES string of the molecule is C1=CC2/C=C\C=C/C1CC2. The minimum Gasteiger partial charge on any atom is -0.0810 e. The molecule has 2 bridgehead atoms. The van der Waals surface area contributed by atoms with Crippen molar-refractivity contribution in [1.29, 1.82) is 0 Å². The minimum absolute atomic E-state index is 0.723. The third kappa shape index (κ3) is 1.06. The molecule has 0 saturated carbocycles. The van der Waals surface area contributed by atoms with Crippen LogP contribution >= 0.6 is 0 Å². The Labute approximate surface area is 61.9 Å². The molecule has 2 atom stereocenters. The van der Waals surface area contributed by atoms with Crippen molar-refractivity contribution in [2.75, 3.05) is 0 Å². The highest BCUT2D eigenvalue weighted by molar-refractivity contribution is 5.18. The van der Waals surface area contributed by atoms with Crippen molar-refractivity contribution in [2.45, 2.75) is 12.8 Å². The Morgan fingerprint density at radius 3 is 1.60 bits per heavy atom. The summed E-state index contributed by atoms with van der Waals surface area (Å²) in [4.78, 5) is 0. The van der Waals surface area contributed by atoms with Crippen molar-refractivity contribution in [2.24, 2.45) is 11.8 Å². The Kier molecular flexibility index (Phi) is 1.46. The average molecular weight is 132 g/mol. The lowest BCUT2D eigenvalue weighted by molar-refractivity contribution is 0.560. The topological polar surface area (TPSA) is 0 Å². The fourth-order valence-corrected chi connectivity index (χ4v) is 1.60. The van der Waals surface area contributed by atoms with Crippen LogP contribution < -0.4 is 0 Å². The minimum atomic E-state index is 0.723. The van der Waals surface area contributed by atoms with E-state index in [1.165, 1.54) is 12.8 Å². The molecule has 0 aromatic heterocycles. The molecule has 0 radical (unpaired) electrons. The molecule has 0 nitrogen and oxygen atoms in total. The van der Waals surface area contributed by atoms with Crippen LogP contribution in [0.4, 0.5) is 0 Å². The molecule has 52 valence electrons. The summed E-state index contributed by atoms with van der Waals surface area (Å²) in [6, 6.07) is 0. The molecule has 3 aliphatic carbocycles. The Morgan fingerprint density at radius 1 is 0.700 bits per heavy atom. The van der Waals surface area contributed by atoms with Crippen molar-refractivity contribution < 1.29 is 0 Å². The van der Waals surface area contributed by atoms with Crippen LogP contribution in [0.3, 0.4) is 0 Å². The summed E-state index contributed by atoms with van der Waals surface area (Å²) < 4.78 is 0. The monoisotopic (exact) mass is 132 g/mol. The van der Waals surface area contributed by atoms with Gasteiger partial charge in [0.2, 0.25) is 0 Å². The fourth-order valence-electron chi connectivity index (χ4n) is 1.60. The van der Waals surface area contributed by atoms with Crippen LogP contribution in [0.2, 0.25) is 0 Å². The second-order valence-electron chi connectivity index (χ2n) is 3.06. The summed E-state index contributed by atoms with van der Waals surface area (Å²) in [5, 5.41) is 0. The van der Waals surface area contributed by atoms with Gasteiger partial charge in [0.1, 0.15) is 0 Å². The summed E-state index contributed by atoms with van der Waals surface area (Å²) >= 11 is 0. The summed E-state index contributed by atoms with van der Waals surface area (Å²) in [6.45, 7) is 0. The summed E-state index contributed by atoms with van der Waals surface area (Å²) in [7, 11) is 0. The van der Waals surface area contributed by atoms with Crippen LogP contribution in [0.25, 0.3) is 0 Å². The van der Waals surface area contributed by atoms with E-state index < -0.39 is 0 Å². The van der Waals surface area contributed by atoms with Gasteiger partial charge in [0, 0.05) is 0 Å². The second-order valence-corrected chi connectivity index (χ2v) is 3.06. The van der Waals surface area contributed by atoms with Crippen molar-refractivity contribution >= 4 is 0 Å². The Bertz CT molecular complexity index is 174. The predicted octanol–water partition coefficient (Wildman–Crippen LogP) is 2.69. The standard InChI is InChI=1S/C10H12/c1-2-4-10-7-5-9(3-1)6-8-10/h1-5,7,9-10H,6,8H2/b3-1-,4-2-. The average Bonchev–Trinajstić information content (AvgIpc) is 1.89. The fraction of sp³-hybridized carbons (Fsp3) is 0.400. The van der Waals surface area contributed by atoms with Gasteiger partial charge in [0.05, 0.1) is 0 Å². The molecule has 2 unspecified atom stereocenters. The maximum absolute atomic E-state index is 2.33. The Hall–Kier alpha value is -0.780. The first kappa shape index (κ1) is 5.96. The number of allylic oxidation sites excluding steroid dienone is 6. The molecule has 0 saturated heterocycles. The third-order valence-electron chi connectivity index (χ3n) is 2.27. The van der Waals surface area contributed by atoms with E-state index in [2.05, 4.69) is 36.5 Å². The first-order valence-electron chi connectivity index (χ1n) is 3.98. The van der Waals surface area contributed by atoms with E-state index in [-0.39, 0.29) is 0 Å². The molecule has 0 aromatic rings. The quantitative estimate of drug-likeness (QED) is 0.444. The zero-order chi connectivity index (χ0) is 6.81. The Morgan fingerprint density at radius 2 is 1.20 bits per heavy atom. The van der Waals surface area contributed by atoms with Gasteiger partial charge >= 0.3 is 0 Å². The summed E-state index contributed by atoms with van der Waals surface area (Å²) in [6.07, 6.45) is 16.2. The molecule has 0 N–H and O–H groups in total. The second kappa shape index (κ2) is 2.45. The lowest BCUT2D eigenvalue weighted by Crippen LogP contribution is -2.05. The van der Waals surface area contributed by atoms with Gasteiger partial charge in [-0.1, -0.05) is 36.5 Å². The smallest absolute Gasteiger partial charge is 0.00498 e. The largest absolute Gasteiger partial charge is 0.0810 e.